The van der Waals surface area contributed by atoms with Crippen LogP contribution < -0.4 is 0 Å². The lowest BCUT2D eigenvalue weighted by Gasteiger charge is -2.03. The van der Waals surface area contributed by atoms with Gasteiger partial charge in [-0.3, -0.25) is 0 Å². The van der Waals surface area contributed by atoms with E-state index in [1.807, 2.05) is 17.5 Å². The molecule has 0 aliphatic carbocycles. The number of benzene rings is 1. The van der Waals surface area contributed by atoms with Gasteiger partial charge in [0.2, 0.25) is 5.82 Å². The molecule has 2 heterocycles. The van der Waals surface area contributed by atoms with Crippen LogP contribution in [0.1, 0.15) is 16.2 Å². The molecule has 3 rings (SSSR count). The average molecular weight is 339 g/mol. The maximum absolute atomic E-state index is 12.9. The van der Waals surface area contributed by atoms with Gasteiger partial charge in [-0.15, -0.1) is 11.3 Å². The summed E-state index contributed by atoms with van der Waals surface area (Å²) in [6.45, 7) is -0.190. The second-order valence-corrected chi connectivity index (χ2v) is 5.54. The molecule has 0 radical (unpaired) electrons. The topological polar surface area (TPSA) is 65.2 Å². The largest absolute Gasteiger partial charge is 0.452 e. The Bertz CT molecular complexity index is 804. The molecule has 0 saturated carbocycles. The van der Waals surface area contributed by atoms with Gasteiger partial charge in [-0.2, -0.15) is 4.98 Å². The number of ether oxygens (including phenoxy) is 1. The Hall–Kier alpha value is -2.25. The SMILES string of the molecule is O=C(OCc1nc(-c2cccs2)no1)c1ccc(F)cc1Cl. The van der Waals surface area contributed by atoms with Crippen LogP contribution >= 0.6 is 22.9 Å². The van der Waals surface area contributed by atoms with Crippen LogP contribution in [0, 0.1) is 5.82 Å². The minimum absolute atomic E-state index is 0.0187. The summed E-state index contributed by atoms with van der Waals surface area (Å²) in [4.78, 5) is 16.8. The number of aromatic nitrogens is 2. The molecule has 112 valence electrons. The van der Waals surface area contributed by atoms with E-state index in [4.69, 9.17) is 20.9 Å². The first-order valence-electron chi connectivity index (χ1n) is 6.12. The summed E-state index contributed by atoms with van der Waals surface area (Å²) in [6, 6.07) is 7.14. The number of hydrogen-bond donors (Lipinski definition) is 0. The molecule has 1 aromatic carbocycles. The van der Waals surface area contributed by atoms with Crippen molar-refractivity contribution in [2.45, 2.75) is 6.61 Å². The van der Waals surface area contributed by atoms with Crippen molar-refractivity contribution in [3.05, 3.63) is 58.0 Å². The van der Waals surface area contributed by atoms with Gasteiger partial charge in [0.15, 0.2) is 6.61 Å². The van der Waals surface area contributed by atoms with Crippen molar-refractivity contribution in [1.29, 1.82) is 0 Å². The zero-order chi connectivity index (χ0) is 15.5. The van der Waals surface area contributed by atoms with Crippen LogP contribution in [0.2, 0.25) is 5.02 Å². The molecule has 0 amide bonds. The fourth-order valence-electron chi connectivity index (χ4n) is 1.68. The van der Waals surface area contributed by atoms with Crippen molar-refractivity contribution in [2.24, 2.45) is 0 Å². The Balaban J connectivity index is 1.66. The van der Waals surface area contributed by atoms with Crippen LogP contribution in [0.15, 0.2) is 40.2 Å². The third-order valence-electron chi connectivity index (χ3n) is 2.69. The second kappa shape index (κ2) is 6.25. The minimum atomic E-state index is -0.694. The van der Waals surface area contributed by atoms with Gasteiger partial charge in [-0.1, -0.05) is 22.8 Å². The summed E-state index contributed by atoms with van der Waals surface area (Å²) < 4.78 is 23.0. The van der Waals surface area contributed by atoms with E-state index in [0.29, 0.717) is 5.82 Å². The van der Waals surface area contributed by atoms with Crippen molar-refractivity contribution in [3.63, 3.8) is 0 Å². The zero-order valence-electron chi connectivity index (χ0n) is 11.0. The van der Waals surface area contributed by atoms with Gasteiger partial charge in [-0.25, -0.2) is 9.18 Å². The number of esters is 1. The van der Waals surface area contributed by atoms with Crippen LogP contribution in [-0.4, -0.2) is 16.1 Å². The fourth-order valence-corrected chi connectivity index (χ4v) is 2.57. The molecule has 0 saturated heterocycles. The van der Waals surface area contributed by atoms with Crippen molar-refractivity contribution in [3.8, 4) is 10.7 Å². The van der Waals surface area contributed by atoms with E-state index < -0.39 is 11.8 Å². The highest BCUT2D eigenvalue weighted by molar-refractivity contribution is 7.13. The van der Waals surface area contributed by atoms with Gasteiger partial charge in [-0.05, 0) is 29.6 Å². The maximum Gasteiger partial charge on any atom is 0.340 e. The predicted molar refractivity (Wildman–Crippen MR) is 78.1 cm³/mol. The van der Waals surface area contributed by atoms with Crippen LogP contribution in [-0.2, 0) is 11.3 Å². The predicted octanol–water partition coefficient (Wildman–Crippen LogP) is 3.95. The number of halogens is 2. The molecule has 0 atom stereocenters. The fraction of sp³-hybridized carbons (Fsp3) is 0.0714. The highest BCUT2D eigenvalue weighted by Crippen LogP contribution is 2.22. The molecule has 0 aliphatic rings. The summed E-state index contributed by atoms with van der Waals surface area (Å²) in [7, 11) is 0. The smallest absolute Gasteiger partial charge is 0.340 e. The van der Waals surface area contributed by atoms with Crippen molar-refractivity contribution >= 4 is 28.9 Å². The quantitative estimate of drug-likeness (QED) is 0.674. The summed E-state index contributed by atoms with van der Waals surface area (Å²) in [6.07, 6.45) is 0. The Morgan fingerprint density at radius 2 is 2.27 bits per heavy atom. The Morgan fingerprint density at radius 3 is 3.00 bits per heavy atom. The Labute approximate surface area is 133 Å². The summed E-state index contributed by atoms with van der Waals surface area (Å²) in [5.41, 5.74) is 0.0704. The molecule has 0 spiro atoms. The van der Waals surface area contributed by atoms with E-state index >= 15 is 0 Å². The standard InChI is InChI=1S/C14H8ClFN2O3S/c15-10-6-8(16)3-4-9(10)14(19)20-7-12-17-13(18-21-12)11-2-1-5-22-11/h1-6H,7H2. The molecule has 3 aromatic rings. The first-order chi connectivity index (χ1) is 10.6. The highest BCUT2D eigenvalue weighted by Gasteiger charge is 2.15. The maximum atomic E-state index is 12.9. The number of rotatable bonds is 4. The zero-order valence-corrected chi connectivity index (χ0v) is 12.5. The first-order valence-corrected chi connectivity index (χ1v) is 7.38. The Kier molecular flexibility index (Phi) is 4.17. The van der Waals surface area contributed by atoms with Crippen LogP contribution in [0.25, 0.3) is 10.7 Å². The molecule has 0 fully saturated rings. The van der Waals surface area contributed by atoms with E-state index in [1.165, 1.54) is 17.4 Å². The van der Waals surface area contributed by atoms with Gasteiger partial charge in [0.05, 0.1) is 15.5 Å². The molecule has 0 unspecified atom stereocenters. The molecule has 22 heavy (non-hydrogen) atoms. The number of nitrogens with zero attached hydrogens (tertiary/aromatic N) is 2. The first kappa shape index (κ1) is 14.7. The van der Waals surface area contributed by atoms with E-state index in [-0.39, 0.29) is 23.1 Å². The molecule has 2 aromatic heterocycles. The number of carbonyl (C=O) groups is 1. The van der Waals surface area contributed by atoms with Crippen LogP contribution in [0.5, 0.6) is 0 Å². The third-order valence-corrected chi connectivity index (χ3v) is 3.87. The summed E-state index contributed by atoms with van der Waals surface area (Å²) >= 11 is 7.26. The number of hydrogen-bond acceptors (Lipinski definition) is 6. The van der Waals surface area contributed by atoms with Crippen LogP contribution in [0.4, 0.5) is 4.39 Å². The van der Waals surface area contributed by atoms with Gasteiger partial charge in [0.25, 0.3) is 5.89 Å². The molecular weight excluding hydrogens is 331 g/mol. The highest BCUT2D eigenvalue weighted by atomic mass is 35.5. The van der Waals surface area contributed by atoms with Crippen molar-refractivity contribution in [1.82, 2.24) is 10.1 Å². The lowest BCUT2D eigenvalue weighted by atomic mass is 10.2. The minimum Gasteiger partial charge on any atom is -0.452 e. The summed E-state index contributed by atoms with van der Waals surface area (Å²) in [5, 5.41) is 5.67. The lowest BCUT2D eigenvalue weighted by Crippen LogP contribution is -2.06. The molecule has 5 nitrogen and oxygen atoms in total. The number of carbonyl (C=O) groups excluding carboxylic acids is 1. The second-order valence-electron chi connectivity index (χ2n) is 4.19. The van der Waals surface area contributed by atoms with Crippen LogP contribution in [0.3, 0.4) is 0 Å². The normalized spacial score (nSPS) is 10.6. The summed E-state index contributed by atoms with van der Waals surface area (Å²) in [5.74, 6) is -0.629. The molecule has 0 N–H and O–H groups in total. The van der Waals surface area contributed by atoms with Crippen molar-refractivity contribution < 1.29 is 18.4 Å². The van der Waals surface area contributed by atoms with Crippen molar-refractivity contribution in [2.75, 3.05) is 0 Å². The van der Waals surface area contributed by atoms with Gasteiger partial charge >= 0.3 is 5.97 Å². The van der Waals surface area contributed by atoms with Gasteiger partial charge in [0.1, 0.15) is 5.82 Å². The molecule has 8 heteroatoms. The molecular formula is C14H8ClFN2O3S. The monoisotopic (exact) mass is 338 g/mol. The number of thiophene rings is 1. The lowest BCUT2D eigenvalue weighted by molar-refractivity contribution is 0.0430. The van der Waals surface area contributed by atoms with Gasteiger partial charge < -0.3 is 9.26 Å². The molecule has 0 aliphatic heterocycles. The van der Waals surface area contributed by atoms with Gasteiger partial charge in [0, 0.05) is 0 Å². The third kappa shape index (κ3) is 3.15. The van der Waals surface area contributed by atoms with E-state index in [9.17, 15) is 9.18 Å². The Morgan fingerprint density at radius 1 is 1.41 bits per heavy atom. The van der Waals surface area contributed by atoms with E-state index in [2.05, 4.69) is 10.1 Å². The molecule has 0 bridgehead atoms. The van der Waals surface area contributed by atoms with E-state index in [1.54, 1.807) is 0 Å². The average Bonchev–Trinajstić information content (AvgIpc) is 3.16. The van der Waals surface area contributed by atoms with E-state index in [0.717, 1.165) is 17.0 Å².